The predicted octanol–water partition coefficient (Wildman–Crippen LogP) is 1.05. The number of hydrogen-bond acceptors (Lipinski definition) is 5. The zero-order valence-corrected chi connectivity index (χ0v) is 13.5. The van der Waals surface area contributed by atoms with E-state index in [2.05, 4.69) is 18.0 Å². The number of Topliss-reactive ketones (excluding diaryl/α,β-unsaturated/α-hetero) is 1. The van der Waals surface area contributed by atoms with Gasteiger partial charge in [0.05, 0.1) is 18.1 Å². The molecule has 2 heterocycles. The topological polar surface area (TPSA) is 59.0 Å². The van der Waals surface area contributed by atoms with Crippen molar-refractivity contribution in [2.45, 2.75) is 48.8 Å². The molecule has 5 nitrogen and oxygen atoms in total. The van der Waals surface area contributed by atoms with Gasteiger partial charge in [-0.15, -0.1) is 0 Å². The zero-order chi connectivity index (χ0) is 16.0. The maximum Gasteiger partial charge on any atom is 0.174 e. The lowest BCUT2D eigenvalue weighted by molar-refractivity contribution is -0.185. The van der Waals surface area contributed by atoms with Gasteiger partial charge in [0, 0.05) is 18.0 Å². The third kappa shape index (κ3) is 1.32. The second-order valence-electron chi connectivity index (χ2n) is 7.44. The zero-order valence-electron chi connectivity index (χ0n) is 13.5. The van der Waals surface area contributed by atoms with Crippen LogP contribution in [0.25, 0.3) is 0 Å². The second kappa shape index (κ2) is 4.08. The van der Waals surface area contributed by atoms with E-state index in [1.807, 2.05) is 6.07 Å². The molecule has 2 fully saturated rings. The number of rotatable bonds is 1. The monoisotopic (exact) mass is 315 g/mol. The summed E-state index contributed by atoms with van der Waals surface area (Å²) in [5, 5.41) is 11.7. The minimum Gasteiger partial charge on any atom is -0.493 e. The van der Waals surface area contributed by atoms with E-state index in [0.29, 0.717) is 24.3 Å². The minimum absolute atomic E-state index is 0.0438. The van der Waals surface area contributed by atoms with Gasteiger partial charge >= 0.3 is 0 Å². The summed E-state index contributed by atoms with van der Waals surface area (Å²) in [6.07, 6.45) is 1.89. The van der Waals surface area contributed by atoms with Crippen LogP contribution in [-0.4, -0.2) is 54.2 Å². The average molecular weight is 315 g/mol. The van der Waals surface area contributed by atoms with E-state index in [0.717, 1.165) is 24.9 Å². The number of ketones is 1. The third-order valence-electron chi connectivity index (χ3n) is 6.73. The second-order valence-corrected chi connectivity index (χ2v) is 7.44. The Labute approximate surface area is 135 Å². The number of carbonyl (C=O) groups is 1. The van der Waals surface area contributed by atoms with Crippen molar-refractivity contribution >= 4 is 5.78 Å². The fourth-order valence-electron chi connectivity index (χ4n) is 5.69. The number of ether oxygens (including phenoxy) is 2. The van der Waals surface area contributed by atoms with Gasteiger partial charge < -0.3 is 19.5 Å². The summed E-state index contributed by atoms with van der Waals surface area (Å²) in [5.74, 6) is 1.47. The fraction of sp³-hybridized carbons (Fsp3) is 0.611. The van der Waals surface area contributed by atoms with Gasteiger partial charge in [-0.25, -0.2) is 0 Å². The summed E-state index contributed by atoms with van der Waals surface area (Å²) in [6.45, 7) is 0.871. The van der Waals surface area contributed by atoms with Crippen LogP contribution < -0.4 is 9.47 Å². The number of carbonyl (C=O) groups excluding carboxylic acids is 1. The lowest BCUT2D eigenvalue weighted by Gasteiger charge is -2.62. The Morgan fingerprint density at radius 3 is 3.00 bits per heavy atom. The molecule has 4 aliphatic rings. The Bertz CT molecular complexity index is 732. The summed E-state index contributed by atoms with van der Waals surface area (Å²) in [7, 11) is 3.70. The molecule has 0 radical (unpaired) electrons. The van der Waals surface area contributed by atoms with Crippen molar-refractivity contribution < 1.29 is 19.4 Å². The molecule has 2 bridgehead atoms. The predicted molar refractivity (Wildman–Crippen MR) is 83.0 cm³/mol. The van der Waals surface area contributed by atoms with Gasteiger partial charge in [-0.05, 0) is 44.5 Å². The summed E-state index contributed by atoms with van der Waals surface area (Å²) in [6, 6.07) is 4.05. The molecule has 1 unspecified atom stereocenters. The molecule has 1 saturated carbocycles. The molecule has 122 valence electrons. The molecule has 0 amide bonds. The minimum atomic E-state index is -0.900. The molecular formula is C18H21NO4. The Morgan fingerprint density at radius 2 is 2.22 bits per heavy atom. The number of likely N-dealkylation sites (N-methyl/N-ethyl adjacent to an activating group) is 1. The van der Waals surface area contributed by atoms with E-state index in [9.17, 15) is 9.90 Å². The van der Waals surface area contributed by atoms with Gasteiger partial charge in [-0.2, -0.15) is 0 Å². The van der Waals surface area contributed by atoms with Gasteiger partial charge in [0.2, 0.25) is 0 Å². The summed E-state index contributed by atoms with van der Waals surface area (Å²) in [5.41, 5.74) is 0.737. The van der Waals surface area contributed by atoms with Crippen LogP contribution in [0.5, 0.6) is 11.5 Å². The van der Waals surface area contributed by atoms with Crippen LogP contribution in [0.4, 0.5) is 0 Å². The summed E-state index contributed by atoms with van der Waals surface area (Å²) < 4.78 is 11.6. The molecule has 5 heteroatoms. The molecule has 23 heavy (non-hydrogen) atoms. The average Bonchev–Trinajstić information content (AvgIpc) is 2.90. The number of hydrogen-bond donors (Lipinski definition) is 1. The first-order valence-corrected chi connectivity index (χ1v) is 8.35. The Balaban J connectivity index is 1.86. The van der Waals surface area contributed by atoms with Crippen LogP contribution in [0.3, 0.4) is 0 Å². The maximum atomic E-state index is 12.7. The molecule has 1 saturated heterocycles. The Hall–Kier alpha value is -1.59. The highest BCUT2D eigenvalue weighted by molar-refractivity contribution is 5.90. The van der Waals surface area contributed by atoms with Crippen molar-refractivity contribution in [2.24, 2.45) is 0 Å². The van der Waals surface area contributed by atoms with Crippen LogP contribution >= 0.6 is 0 Å². The van der Waals surface area contributed by atoms with E-state index in [-0.39, 0.29) is 11.8 Å². The third-order valence-corrected chi connectivity index (χ3v) is 6.73. The smallest absolute Gasteiger partial charge is 0.174 e. The van der Waals surface area contributed by atoms with E-state index in [4.69, 9.17) is 9.47 Å². The van der Waals surface area contributed by atoms with E-state index < -0.39 is 17.1 Å². The molecule has 1 aromatic rings. The lowest BCUT2D eigenvalue weighted by atomic mass is 9.49. The molecular weight excluding hydrogens is 294 g/mol. The Kier molecular flexibility index (Phi) is 2.45. The van der Waals surface area contributed by atoms with Gasteiger partial charge in [0.25, 0.3) is 0 Å². The van der Waals surface area contributed by atoms with Crippen molar-refractivity contribution in [1.82, 2.24) is 4.90 Å². The number of benzene rings is 1. The number of likely N-dealkylation sites (tertiary alicyclic amines) is 1. The molecule has 2 aliphatic heterocycles. The first-order valence-electron chi connectivity index (χ1n) is 8.35. The van der Waals surface area contributed by atoms with E-state index in [1.165, 1.54) is 5.56 Å². The highest BCUT2D eigenvalue weighted by Crippen LogP contribution is 2.64. The van der Waals surface area contributed by atoms with E-state index >= 15 is 0 Å². The SMILES string of the molecule is COc1ccc2c3c1O[C@H]1C(=O)CC[C@@]4(O)C(C2)N(C)CC[C@]314. The van der Waals surface area contributed by atoms with Crippen LogP contribution in [-0.2, 0) is 16.6 Å². The van der Waals surface area contributed by atoms with Gasteiger partial charge in [0.1, 0.15) is 0 Å². The van der Waals surface area contributed by atoms with Gasteiger partial charge in [-0.1, -0.05) is 6.07 Å². The number of aliphatic hydroxyl groups is 1. The highest BCUT2D eigenvalue weighted by Gasteiger charge is 2.72. The van der Waals surface area contributed by atoms with E-state index in [1.54, 1.807) is 7.11 Å². The van der Waals surface area contributed by atoms with Crippen molar-refractivity contribution in [3.63, 3.8) is 0 Å². The standard InChI is InChI=1S/C18H21NO4/c1-19-8-7-17-14-10-3-4-12(22-2)15(14)23-16(17)11(20)5-6-18(17,21)13(19)9-10/h3-4,13,16,21H,5-9H2,1-2H3/t13?,16-,17-,18+/m0/s1. The molecule has 2 aliphatic carbocycles. The van der Waals surface area contributed by atoms with Gasteiger partial charge in [0.15, 0.2) is 23.4 Å². The maximum absolute atomic E-state index is 12.7. The van der Waals surface area contributed by atoms with Crippen molar-refractivity contribution in [3.05, 3.63) is 23.3 Å². The fourth-order valence-corrected chi connectivity index (χ4v) is 5.69. The van der Waals surface area contributed by atoms with Crippen LogP contribution in [0.1, 0.15) is 30.4 Å². The Morgan fingerprint density at radius 1 is 1.39 bits per heavy atom. The van der Waals surface area contributed by atoms with Crippen LogP contribution in [0, 0.1) is 0 Å². The first kappa shape index (κ1) is 13.8. The van der Waals surface area contributed by atoms with Gasteiger partial charge in [-0.3, -0.25) is 4.79 Å². The summed E-state index contributed by atoms with van der Waals surface area (Å²) in [4.78, 5) is 14.9. The number of nitrogens with zero attached hydrogens (tertiary/aromatic N) is 1. The van der Waals surface area contributed by atoms with Crippen molar-refractivity contribution in [1.29, 1.82) is 0 Å². The van der Waals surface area contributed by atoms with Crippen LogP contribution in [0.15, 0.2) is 12.1 Å². The molecule has 1 spiro atoms. The largest absolute Gasteiger partial charge is 0.493 e. The quantitative estimate of drug-likeness (QED) is 0.839. The molecule has 1 N–H and O–H groups in total. The highest BCUT2D eigenvalue weighted by atomic mass is 16.5. The summed E-state index contributed by atoms with van der Waals surface area (Å²) >= 11 is 0. The molecule has 1 aromatic carbocycles. The number of piperidine rings is 1. The number of methoxy groups -OCH3 is 1. The normalized spacial score (nSPS) is 40.6. The first-order chi connectivity index (χ1) is 11.0. The van der Waals surface area contributed by atoms with Crippen LogP contribution in [0.2, 0.25) is 0 Å². The lowest BCUT2D eigenvalue weighted by Crippen LogP contribution is -2.76. The van der Waals surface area contributed by atoms with Crippen molar-refractivity contribution in [3.8, 4) is 11.5 Å². The molecule has 5 rings (SSSR count). The molecule has 0 aromatic heterocycles. The van der Waals surface area contributed by atoms with Crippen molar-refractivity contribution in [2.75, 3.05) is 20.7 Å². The molecule has 4 atom stereocenters.